The number of ether oxygens (including phenoxy) is 6. The van der Waals surface area contributed by atoms with Crippen molar-refractivity contribution in [3.63, 3.8) is 0 Å². The first-order chi connectivity index (χ1) is 15.5. The second kappa shape index (κ2) is 17.4. The van der Waals surface area contributed by atoms with Gasteiger partial charge in [0.25, 0.3) is 0 Å². The molecule has 0 saturated heterocycles. The van der Waals surface area contributed by atoms with E-state index in [1.165, 1.54) is 6.07 Å². The van der Waals surface area contributed by atoms with Crippen molar-refractivity contribution in [2.24, 2.45) is 0 Å². The lowest BCUT2D eigenvalue weighted by molar-refractivity contribution is -0.0774. The van der Waals surface area contributed by atoms with Gasteiger partial charge < -0.3 is 48.8 Å². The van der Waals surface area contributed by atoms with Crippen LogP contribution in [0, 0.1) is 0 Å². The van der Waals surface area contributed by atoms with Crippen LogP contribution in [-0.2, 0) is 41.6 Å². The lowest BCUT2D eigenvalue weighted by Crippen LogP contribution is -2.14. The smallest absolute Gasteiger partial charge is 0.336 e. The second-order valence-electron chi connectivity index (χ2n) is 6.20. The van der Waals surface area contributed by atoms with Crippen LogP contribution < -0.4 is 0 Å². The molecule has 0 unspecified atom stereocenters. The number of aliphatic hydroxyl groups is 2. The van der Waals surface area contributed by atoms with E-state index in [0.717, 1.165) is 6.07 Å². The molecule has 1 aromatic carbocycles. The lowest BCUT2D eigenvalue weighted by atomic mass is 9.99. The molecule has 0 atom stereocenters. The van der Waals surface area contributed by atoms with E-state index in [-0.39, 0.29) is 90.8 Å². The molecule has 12 nitrogen and oxygen atoms in total. The van der Waals surface area contributed by atoms with E-state index in [1.807, 2.05) is 0 Å². The van der Waals surface area contributed by atoms with E-state index >= 15 is 0 Å². The Kier molecular flexibility index (Phi) is 15.2. The Morgan fingerprint density at radius 2 is 0.969 bits per heavy atom. The van der Waals surface area contributed by atoms with Crippen LogP contribution >= 0.6 is 0 Å². The fourth-order valence-corrected chi connectivity index (χ4v) is 2.42. The van der Waals surface area contributed by atoms with Gasteiger partial charge in [0, 0.05) is 0 Å². The molecule has 0 heterocycles. The second-order valence-corrected chi connectivity index (χ2v) is 6.20. The van der Waals surface area contributed by atoms with Crippen molar-refractivity contribution in [1.29, 1.82) is 0 Å². The van der Waals surface area contributed by atoms with Crippen LogP contribution in [0.5, 0.6) is 0 Å². The molecule has 32 heavy (non-hydrogen) atoms. The predicted molar refractivity (Wildman–Crippen MR) is 107 cm³/mol. The highest BCUT2D eigenvalue weighted by atomic mass is 16.7. The van der Waals surface area contributed by atoms with Gasteiger partial charge in [-0.2, -0.15) is 0 Å². The van der Waals surface area contributed by atoms with Gasteiger partial charge in [-0.3, -0.25) is 0 Å². The number of carboxylic acid groups (broad SMARTS) is 2. The number of aliphatic hydroxyl groups excluding tert-OH is 2. The summed E-state index contributed by atoms with van der Waals surface area (Å²) in [6.07, 6.45) is 0. The zero-order valence-corrected chi connectivity index (χ0v) is 17.7. The maximum atomic E-state index is 11.6. The Bertz CT molecular complexity index is 626. The van der Waals surface area contributed by atoms with E-state index in [9.17, 15) is 19.8 Å². The number of rotatable bonds is 20. The van der Waals surface area contributed by atoms with Crippen molar-refractivity contribution in [3.8, 4) is 0 Å². The van der Waals surface area contributed by atoms with Crippen LogP contribution in [-0.4, -0.2) is 98.8 Å². The van der Waals surface area contributed by atoms with Gasteiger partial charge in [0.15, 0.2) is 0 Å². The van der Waals surface area contributed by atoms with Crippen LogP contribution in [0.4, 0.5) is 0 Å². The van der Waals surface area contributed by atoms with Crippen LogP contribution in [0.25, 0.3) is 0 Å². The molecule has 1 aromatic rings. The topological polar surface area (TPSA) is 170 Å². The lowest BCUT2D eigenvalue weighted by Gasteiger charge is -2.14. The van der Waals surface area contributed by atoms with Crippen molar-refractivity contribution in [1.82, 2.24) is 0 Å². The zero-order chi connectivity index (χ0) is 23.6. The van der Waals surface area contributed by atoms with Gasteiger partial charge in [-0.05, 0) is 23.3 Å². The summed E-state index contributed by atoms with van der Waals surface area (Å²) >= 11 is 0. The molecule has 0 aromatic heterocycles. The average molecular weight is 462 g/mol. The number of carboxylic acids is 2. The van der Waals surface area contributed by atoms with Gasteiger partial charge in [0.05, 0.1) is 77.2 Å². The van der Waals surface area contributed by atoms with Crippen molar-refractivity contribution in [2.75, 3.05) is 66.4 Å². The minimum atomic E-state index is -1.27. The highest BCUT2D eigenvalue weighted by Gasteiger charge is 2.19. The third kappa shape index (κ3) is 11.5. The highest BCUT2D eigenvalue weighted by molar-refractivity contribution is 5.96. The van der Waals surface area contributed by atoms with Gasteiger partial charge in [-0.1, -0.05) is 0 Å². The molecule has 4 N–H and O–H groups in total. The molecule has 1 rings (SSSR count). The van der Waals surface area contributed by atoms with Crippen molar-refractivity contribution in [3.05, 3.63) is 34.4 Å². The summed E-state index contributed by atoms with van der Waals surface area (Å²) in [6.45, 7) is 0.657. The van der Waals surface area contributed by atoms with E-state index < -0.39 is 11.9 Å². The number of aromatic carboxylic acids is 2. The average Bonchev–Trinajstić information content (AvgIpc) is 2.77. The maximum absolute atomic E-state index is 11.6. The monoisotopic (exact) mass is 462 g/mol. The zero-order valence-electron chi connectivity index (χ0n) is 17.7. The molecule has 0 bridgehead atoms. The maximum Gasteiger partial charge on any atom is 0.336 e. The van der Waals surface area contributed by atoms with E-state index in [4.69, 9.17) is 38.6 Å². The third-order valence-corrected chi connectivity index (χ3v) is 3.85. The summed E-state index contributed by atoms with van der Waals surface area (Å²) in [5.41, 5.74) is 0.239. The molecule has 0 aliphatic carbocycles. The summed E-state index contributed by atoms with van der Waals surface area (Å²) in [7, 11) is 0. The van der Waals surface area contributed by atoms with Crippen LogP contribution in [0.3, 0.4) is 0 Å². The number of carbonyl (C=O) groups is 2. The first-order valence-corrected chi connectivity index (χ1v) is 9.81. The summed E-state index contributed by atoms with van der Waals surface area (Å²) < 4.78 is 31.0. The SMILES string of the molecule is O=C(O)c1cc(C(=O)O)c(COCCOCOCCO)cc1COCCOCOCCO. The fraction of sp³-hybridized carbons (Fsp3) is 0.600. The normalized spacial score (nSPS) is 11.1. The molecule has 0 aliphatic rings. The van der Waals surface area contributed by atoms with Crippen molar-refractivity contribution < 1.29 is 58.4 Å². The summed E-state index contributed by atoms with van der Waals surface area (Å²) in [5, 5.41) is 36.0. The van der Waals surface area contributed by atoms with Gasteiger partial charge in [-0.25, -0.2) is 9.59 Å². The summed E-state index contributed by atoms with van der Waals surface area (Å²) in [5.74, 6) is -2.55. The Labute approximate surface area is 185 Å². The molecule has 0 fully saturated rings. The van der Waals surface area contributed by atoms with E-state index in [1.54, 1.807) is 0 Å². The third-order valence-electron chi connectivity index (χ3n) is 3.85. The Hall–Kier alpha value is -2.16. The molecule has 12 heteroatoms. The molecule has 0 spiro atoms. The summed E-state index contributed by atoms with van der Waals surface area (Å²) in [4.78, 5) is 23.1. The molecule has 0 radical (unpaired) electrons. The van der Waals surface area contributed by atoms with E-state index in [2.05, 4.69) is 0 Å². The standard InChI is InChI=1S/C20H30O12/c21-1-3-29-13-31-7-5-27-11-15-9-16(12-28-6-8-32-14-30-4-2-22)18(20(25)26)10-17(15)19(23)24/h9-10,21-22H,1-8,11-14H2,(H,23,24)(H,25,26). The Morgan fingerprint density at radius 1 is 0.594 bits per heavy atom. The van der Waals surface area contributed by atoms with Crippen molar-refractivity contribution >= 4 is 11.9 Å². The predicted octanol–water partition coefficient (Wildman–Crippen LogP) is 0.0822. The van der Waals surface area contributed by atoms with Crippen LogP contribution in [0.15, 0.2) is 12.1 Å². The quantitative estimate of drug-likeness (QED) is 0.152. The minimum Gasteiger partial charge on any atom is -0.478 e. The molecule has 0 amide bonds. The van der Waals surface area contributed by atoms with Gasteiger partial charge in [0.1, 0.15) is 13.6 Å². The van der Waals surface area contributed by atoms with Crippen LogP contribution in [0.1, 0.15) is 31.8 Å². The fourth-order valence-electron chi connectivity index (χ4n) is 2.42. The van der Waals surface area contributed by atoms with Gasteiger partial charge in [-0.15, -0.1) is 0 Å². The van der Waals surface area contributed by atoms with E-state index in [0.29, 0.717) is 11.1 Å². The molecule has 0 saturated carbocycles. The molecular formula is C20H30O12. The van der Waals surface area contributed by atoms with Crippen molar-refractivity contribution in [2.45, 2.75) is 13.2 Å². The Morgan fingerprint density at radius 3 is 1.34 bits per heavy atom. The highest BCUT2D eigenvalue weighted by Crippen LogP contribution is 2.20. The number of hydrogen-bond donors (Lipinski definition) is 4. The Balaban J connectivity index is 2.62. The minimum absolute atomic E-state index is 0.00361. The molecular weight excluding hydrogens is 432 g/mol. The summed E-state index contributed by atoms with van der Waals surface area (Å²) in [6, 6.07) is 2.52. The van der Waals surface area contributed by atoms with Gasteiger partial charge >= 0.3 is 11.9 Å². The molecule has 182 valence electrons. The number of benzene rings is 1. The van der Waals surface area contributed by atoms with Gasteiger partial charge in [0.2, 0.25) is 0 Å². The first kappa shape index (κ1) is 27.9. The molecule has 0 aliphatic heterocycles. The van der Waals surface area contributed by atoms with Crippen LogP contribution in [0.2, 0.25) is 0 Å². The largest absolute Gasteiger partial charge is 0.478 e. The first-order valence-electron chi connectivity index (χ1n) is 9.81. The number of hydrogen-bond acceptors (Lipinski definition) is 10.